The van der Waals surface area contributed by atoms with Gasteiger partial charge in [0.2, 0.25) is 0 Å². The van der Waals surface area contributed by atoms with Crippen LogP contribution in [0.2, 0.25) is 0 Å². The number of nitrogens with one attached hydrogen (secondary N) is 1. The normalized spacial score (nSPS) is 19.1. The second-order valence-corrected chi connectivity index (χ2v) is 6.02. The van der Waals surface area contributed by atoms with Crippen molar-refractivity contribution in [1.29, 1.82) is 0 Å². The van der Waals surface area contributed by atoms with Gasteiger partial charge in [-0.15, -0.1) is 0 Å². The van der Waals surface area contributed by atoms with Crippen molar-refractivity contribution >= 4 is 0 Å². The Morgan fingerprint density at radius 1 is 1.21 bits per heavy atom. The van der Waals surface area contributed by atoms with Gasteiger partial charge < -0.3 is 5.32 Å². The van der Waals surface area contributed by atoms with Crippen molar-refractivity contribution in [3.8, 4) is 0 Å². The van der Waals surface area contributed by atoms with Gasteiger partial charge in [0.1, 0.15) is 5.82 Å². The van der Waals surface area contributed by atoms with E-state index in [1.54, 1.807) is 6.07 Å². The lowest BCUT2D eigenvalue weighted by Gasteiger charge is -2.24. The molecule has 19 heavy (non-hydrogen) atoms. The molecule has 106 valence electrons. The molecular formula is C17H26FN. The molecule has 2 heteroatoms. The molecule has 1 fully saturated rings. The first-order valence-corrected chi connectivity index (χ1v) is 7.65. The second kappa shape index (κ2) is 7.04. The van der Waals surface area contributed by atoms with Gasteiger partial charge >= 0.3 is 0 Å². The average molecular weight is 263 g/mol. The highest BCUT2D eigenvalue weighted by molar-refractivity contribution is 5.23. The Kier molecular flexibility index (Phi) is 5.38. The first-order valence-electron chi connectivity index (χ1n) is 7.65. The predicted molar refractivity (Wildman–Crippen MR) is 78.6 cm³/mol. The summed E-state index contributed by atoms with van der Waals surface area (Å²) in [6.07, 6.45) is 8.13. The van der Waals surface area contributed by atoms with E-state index < -0.39 is 0 Å². The molecule has 1 aromatic rings. The minimum absolute atomic E-state index is 0.0915. The first-order chi connectivity index (χ1) is 9.16. The van der Waals surface area contributed by atoms with Crippen molar-refractivity contribution < 1.29 is 4.39 Å². The van der Waals surface area contributed by atoms with E-state index in [0.717, 1.165) is 17.0 Å². The third kappa shape index (κ3) is 4.31. The van der Waals surface area contributed by atoms with Crippen molar-refractivity contribution in [2.75, 3.05) is 0 Å². The van der Waals surface area contributed by atoms with Crippen LogP contribution in [0.5, 0.6) is 0 Å². The van der Waals surface area contributed by atoms with E-state index in [-0.39, 0.29) is 5.82 Å². The van der Waals surface area contributed by atoms with Gasteiger partial charge in [-0.3, -0.25) is 0 Å². The fourth-order valence-electron chi connectivity index (χ4n) is 3.09. The lowest BCUT2D eigenvalue weighted by molar-refractivity contribution is 0.335. The van der Waals surface area contributed by atoms with Gasteiger partial charge in [-0.05, 0) is 38.7 Å². The van der Waals surface area contributed by atoms with Gasteiger partial charge in [0.25, 0.3) is 0 Å². The number of hydrogen-bond acceptors (Lipinski definition) is 1. The summed E-state index contributed by atoms with van der Waals surface area (Å²) in [5, 5.41) is 3.52. The molecule has 0 aliphatic heterocycles. The van der Waals surface area contributed by atoms with Gasteiger partial charge in [0.15, 0.2) is 0 Å². The number of rotatable bonds is 4. The summed E-state index contributed by atoms with van der Waals surface area (Å²) in [5.41, 5.74) is 1.92. The number of halogens is 1. The van der Waals surface area contributed by atoms with E-state index in [1.807, 2.05) is 19.1 Å². The molecule has 0 spiro atoms. The topological polar surface area (TPSA) is 12.0 Å². The van der Waals surface area contributed by atoms with Crippen LogP contribution >= 0.6 is 0 Å². The highest BCUT2D eigenvalue weighted by Gasteiger charge is 2.18. The monoisotopic (exact) mass is 263 g/mol. The Bertz CT molecular complexity index is 394. The zero-order valence-electron chi connectivity index (χ0n) is 12.2. The lowest BCUT2D eigenvalue weighted by Crippen LogP contribution is -2.33. The van der Waals surface area contributed by atoms with Crippen LogP contribution in [0.4, 0.5) is 4.39 Å². The van der Waals surface area contributed by atoms with Crippen LogP contribution in [-0.4, -0.2) is 6.04 Å². The standard InChI is InChI=1S/C17H26FN/c1-13-9-10-17(18)16(11-13)12-19-14(2)15-7-5-3-4-6-8-15/h9-11,14-15,19H,3-8,12H2,1-2H3/t14-/m1/s1. The van der Waals surface area contributed by atoms with Crippen LogP contribution in [0.1, 0.15) is 56.6 Å². The number of aryl methyl sites for hydroxylation is 1. The van der Waals surface area contributed by atoms with Crippen LogP contribution in [0.25, 0.3) is 0 Å². The molecule has 0 radical (unpaired) electrons. The van der Waals surface area contributed by atoms with Gasteiger partial charge in [-0.1, -0.05) is 43.4 Å². The third-order valence-corrected chi connectivity index (χ3v) is 4.42. The summed E-state index contributed by atoms with van der Waals surface area (Å²) in [5.74, 6) is 0.668. The maximum absolute atomic E-state index is 13.7. The Hall–Kier alpha value is -0.890. The molecule has 0 bridgehead atoms. The van der Waals surface area contributed by atoms with Crippen LogP contribution in [0.15, 0.2) is 18.2 Å². The Morgan fingerprint density at radius 3 is 2.58 bits per heavy atom. The van der Waals surface area contributed by atoms with Gasteiger partial charge in [0.05, 0.1) is 0 Å². The molecule has 0 unspecified atom stereocenters. The maximum atomic E-state index is 13.7. The summed E-state index contributed by atoms with van der Waals surface area (Å²) in [6, 6.07) is 5.83. The summed E-state index contributed by atoms with van der Waals surface area (Å²) in [4.78, 5) is 0. The first kappa shape index (κ1) is 14.5. The highest BCUT2D eigenvalue weighted by atomic mass is 19.1. The van der Waals surface area contributed by atoms with Crippen LogP contribution in [-0.2, 0) is 6.54 Å². The van der Waals surface area contributed by atoms with Crippen molar-refractivity contribution in [1.82, 2.24) is 5.32 Å². The molecule has 0 amide bonds. The largest absolute Gasteiger partial charge is 0.310 e. The van der Waals surface area contributed by atoms with Crippen LogP contribution in [0, 0.1) is 18.7 Å². The lowest BCUT2D eigenvalue weighted by atomic mass is 9.93. The smallest absolute Gasteiger partial charge is 0.127 e. The van der Waals surface area contributed by atoms with Crippen molar-refractivity contribution in [3.05, 3.63) is 35.1 Å². The molecule has 1 aliphatic carbocycles. The quantitative estimate of drug-likeness (QED) is 0.784. The Labute approximate surface area is 116 Å². The average Bonchev–Trinajstić information content (AvgIpc) is 2.68. The van der Waals surface area contributed by atoms with E-state index in [2.05, 4.69) is 12.2 Å². The number of benzene rings is 1. The zero-order valence-corrected chi connectivity index (χ0v) is 12.2. The molecule has 1 N–H and O–H groups in total. The summed E-state index contributed by atoms with van der Waals surface area (Å²) < 4.78 is 13.7. The molecule has 1 aromatic carbocycles. The van der Waals surface area contributed by atoms with Crippen LogP contribution < -0.4 is 5.32 Å². The van der Waals surface area contributed by atoms with Gasteiger partial charge in [-0.25, -0.2) is 4.39 Å². The molecule has 1 nitrogen and oxygen atoms in total. The van der Waals surface area contributed by atoms with Gasteiger partial charge in [0, 0.05) is 18.2 Å². The van der Waals surface area contributed by atoms with E-state index in [9.17, 15) is 4.39 Å². The summed E-state index contributed by atoms with van der Waals surface area (Å²) >= 11 is 0. The van der Waals surface area contributed by atoms with Crippen molar-refractivity contribution in [3.63, 3.8) is 0 Å². The third-order valence-electron chi connectivity index (χ3n) is 4.42. The van der Waals surface area contributed by atoms with Crippen molar-refractivity contribution in [2.24, 2.45) is 5.92 Å². The SMILES string of the molecule is Cc1ccc(F)c(CN[C@H](C)C2CCCCCC2)c1. The molecule has 0 saturated heterocycles. The Balaban J connectivity index is 1.88. The van der Waals surface area contributed by atoms with Gasteiger partial charge in [-0.2, -0.15) is 0 Å². The van der Waals surface area contributed by atoms with E-state index in [0.29, 0.717) is 12.6 Å². The van der Waals surface area contributed by atoms with E-state index in [4.69, 9.17) is 0 Å². The molecule has 2 rings (SSSR count). The van der Waals surface area contributed by atoms with E-state index in [1.165, 1.54) is 38.5 Å². The molecule has 0 aromatic heterocycles. The van der Waals surface area contributed by atoms with E-state index >= 15 is 0 Å². The molecule has 1 saturated carbocycles. The highest BCUT2D eigenvalue weighted by Crippen LogP contribution is 2.25. The summed E-state index contributed by atoms with van der Waals surface area (Å²) in [6.45, 7) is 4.91. The molecule has 1 atom stereocenters. The molecular weight excluding hydrogens is 237 g/mol. The fraction of sp³-hybridized carbons (Fsp3) is 0.647. The second-order valence-electron chi connectivity index (χ2n) is 6.02. The molecule has 1 aliphatic rings. The molecule has 0 heterocycles. The predicted octanol–water partition coefficient (Wildman–Crippen LogP) is 4.58. The zero-order chi connectivity index (χ0) is 13.7. The van der Waals surface area contributed by atoms with Crippen LogP contribution in [0.3, 0.4) is 0 Å². The fourth-order valence-corrected chi connectivity index (χ4v) is 3.09. The summed E-state index contributed by atoms with van der Waals surface area (Å²) in [7, 11) is 0. The minimum atomic E-state index is -0.0915. The van der Waals surface area contributed by atoms with Crippen molar-refractivity contribution in [2.45, 2.75) is 65.0 Å². The number of hydrogen-bond donors (Lipinski definition) is 1. The Morgan fingerprint density at radius 2 is 1.89 bits per heavy atom. The minimum Gasteiger partial charge on any atom is -0.310 e. The maximum Gasteiger partial charge on any atom is 0.127 e.